The normalized spacial score (nSPS) is 11.3. The zero-order valence-corrected chi connectivity index (χ0v) is 12.3. The Morgan fingerprint density at radius 3 is 2.55 bits per heavy atom. The lowest BCUT2D eigenvalue weighted by atomic mass is 10.3. The third kappa shape index (κ3) is 2.93. The molecule has 0 aliphatic carbocycles. The average Bonchev–Trinajstić information content (AvgIpc) is 2.96. The molecule has 3 aromatic rings. The molecule has 0 fully saturated rings. The van der Waals surface area contributed by atoms with Crippen molar-refractivity contribution in [2.24, 2.45) is 0 Å². The van der Waals surface area contributed by atoms with Crippen molar-refractivity contribution < 1.29 is 12.9 Å². The van der Waals surface area contributed by atoms with E-state index >= 15 is 0 Å². The van der Waals surface area contributed by atoms with E-state index in [1.54, 1.807) is 25.4 Å². The Morgan fingerprint density at radius 1 is 1.18 bits per heavy atom. The molecule has 3 aromatic heterocycles. The van der Waals surface area contributed by atoms with Gasteiger partial charge in [0.25, 0.3) is 10.0 Å². The Bertz CT molecular complexity index is 876. The highest BCUT2D eigenvalue weighted by molar-refractivity contribution is 7.92. The summed E-state index contributed by atoms with van der Waals surface area (Å²) in [6.45, 7) is 1.61. The molecule has 0 aromatic carbocycles. The zero-order valence-electron chi connectivity index (χ0n) is 11.5. The molecule has 0 spiro atoms. The number of sulfonamides is 1. The lowest BCUT2D eigenvalue weighted by Gasteiger charge is -2.05. The highest BCUT2D eigenvalue weighted by Crippen LogP contribution is 2.17. The first-order chi connectivity index (χ1) is 10.5. The van der Waals surface area contributed by atoms with Crippen LogP contribution in [0.4, 0.5) is 5.69 Å². The second kappa shape index (κ2) is 5.53. The monoisotopic (exact) mass is 317 g/mol. The second-order valence-electron chi connectivity index (χ2n) is 4.42. The molecule has 0 radical (unpaired) electrons. The van der Waals surface area contributed by atoms with Gasteiger partial charge in [0, 0.05) is 24.0 Å². The number of nitrogens with zero attached hydrogens (tertiary/aromatic N) is 4. The van der Waals surface area contributed by atoms with Crippen LogP contribution >= 0.6 is 0 Å². The Kier molecular flexibility index (Phi) is 3.55. The molecule has 8 nitrogen and oxygen atoms in total. The van der Waals surface area contributed by atoms with E-state index in [0.717, 1.165) is 5.56 Å². The zero-order chi connectivity index (χ0) is 15.6. The highest BCUT2D eigenvalue weighted by Gasteiger charge is 2.19. The molecule has 3 heterocycles. The van der Waals surface area contributed by atoms with Crippen molar-refractivity contribution in [3.63, 3.8) is 0 Å². The van der Waals surface area contributed by atoms with Gasteiger partial charge in [0.05, 0.1) is 18.1 Å². The minimum Gasteiger partial charge on any atom is -0.360 e. The molecule has 0 saturated heterocycles. The van der Waals surface area contributed by atoms with E-state index in [1.165, 1.54) is 18.5 Å². The highest BCUT2D eigenvalue weighted by atomic mass is 32.2. The van der Waals surface area contributed by atoms with E-state index in [0.29, 0.717) is 11.6 Å². The minimum atomic E-state index is -3.82. The van der Waals surface area contributed by atoms with Gasteiger partial charge in [-0.3, -0.25) is 9.71 Å². The summed E-state index contributed by atoms with van der Waals surface area (Å²) in [5.41, 5.74) is 0.970. The average molecular weight is 317 g/mol. The van der Waals surface area contributed by atoms with Gasteiger partial charge in [0.2, 0.25) is 5.03 Å². The van der Waals surface area contributed by atoms with Crippen LogP contribution in [0.5, 0.6) is 0 Å². The van der Waals surface area contributed by atoms with Crippen LogP contribution in [0.2, 0.25) is 0 Å². The van der Waals surface area contributed by atoms with E-state index in [2.05, 4.69) is 24.8 Å². The summed E-state index contributed by atoms with van der Waals surface area (Å²) in [5, 5.41) is 3.28. The summed E-state index contributed by atoms with van der Waals surface area (Å²) in [4.78, 5) is 12.2. The fourth-order valence-electron chi connectivity index (χ4n) is 1.70. The molecule has 3 rings (SSSR count). The fraction of sp³-hybridized carbons (Fsp3) is 0.0769. The van der Waals surface area contributed by atoms with Gasteiger partial charge in [-0.05, 0) is 19.1 Å². The third-order valence-electron chi connectivity index (χ3n) is 2.71. The summed E-state index contributed by atoms with van der Waals surface area (Å²) >= 11 is 0. The van der Waals surface area contributed by atoms with Crippen LogP contribution in [0, 0.1) is 6.92 Å². The molecule has 0 saturated carbocycles. The number of aryl methyl sites for hydroxylation is 1. The van der Waals surface area contributed by atoms with Crippen molar-refractivity contribution in [1.29, 1.82) is 0 Å². The molecule has 0 aliphatic heterocycles. The molecule has 0 atom stereocenters. The SMILES string of the molecule is Cc1cc(S(=O)(=O)Nc2cnc(-c3cccnc3)nc2)no1. The van der Waals surface area contributed by atoms with E-state index in [9.17, 15) is 8.42 Å². The maximum absolute atomic E-state index is 12.1. The van der Waals surface area contributed by atoms with Gasteiger partial charge in [-0.25, -0.2) is 9.97 Å². The van der Waals surface area contributed by atoms with E-state index < -0.39 is 10.0 Å². The lowest BCUT2D eigenvalue weighted by molar-refractivity contribution is 0.381. The summed E-state index contributed by atoms with van der Waals surface area (Å²) in [6.07, 6.45) is 6.02. The fourth-order valence-corrected chi connectivity index (χ4v) is 2.68. The van der Waals surface area contributed by atoms with Crippen molar-refractivity contribution >= 4 is 15.7 Å². The summed E-state index contributed by atoms with van der Waals surface area (Å²) in [5.74, 6) is 0.858. The predicted molar refractivity (Wildman–Crippen MR) is 77.3 cm³/mol. The summed E-state index contributed by atoms with van der Waals surface area (Å²) < 4.78 is 31.2. The van der Waals surface area contributed by atoms with Crippen LogP contribution in [0.1, 0.15) is 5.76 Å². The number of anilines is 1. The Balaban J connectivity index is 1.82. The van der Waals surface area contributed by atoms with Crippen LogP contribution in [-0.2, 0) is 10.0 Å². The van der Waals surface area contributed by atoms with Gasteiger partial charge < -0.3 is 4.52 Å². The minimum absolute atomic E-state index is 0.193. The van der Waals surface area contributed by atoms with Crippen LogP contribution in [0.25, 0.3) is 11.4 Å². The van der Waals surface area contributed by atoms with Crippen molar-refractivity contribution in [3.05, 3.63) is 48.7 Å². The first-order valence-corrected chi connectivity index (χ1v) is 7.71. The molecule has 112 valence electrons. The first kappa shape index (κ1) is 14.1. The van der Waals surface area contributed by atoms with Gasteiger partial charge in [-0.1, -0.05) is 5.16 Å². The maximum atomic E-state index is 12.1. The predicted octanol–water partition coefficient (Wildman–Crippen LogP) is 1.64. The van der Waals surface area contributed by atoms with Crippen molar-refractivity contribution in [2.75, 3.05) is 4.72 Å². The van der Waals surface area contributed by atoms with E-state index in [-0.39, 0.29) is 10.7 Å². The molecule has 22 heavy (non-hydrogen) atoms. The quantitative estimate of drug-likeness (QED) is 0.778. The number of hydrogen-bond acceptors (Lipinski definition) is 7. The molecule has 0 aliphatic rings. The summed E-state index contributed by atoms with van der Waals surface area (Å²) in [7, 11) is -3.82. The standard InChI is InChI=1S/C13H11N5O3S/c1-9-5-12(17-21-9)22(19,20)18-11-7-15-13(16-8-11)10-3-2-4-14-6-10/h2-8,18H,1H3. The second-order valence-corrected chi connectivity index (χ2v) is 6.05. The van der Waals surface area contributed by atoms with Gasteiger partial charge in [-0.15, -0.1) is 0 Å². The van der Waals surface area contributed by atoms with E-state index in [4.69, 9.17) is 4.52 Å². The van der Waals surface area contributed by atoms with Crippen LogP contribution in [0.15, 0.2) is 52.5 Å². The largest absolute Gasteiger partial charge is 0.360 e. The molecule has 0 amide bonds. The Labute approximate surface area is 126 Å². The van der Waals surface area contributed by atoms with Crippen LogP contribution < -0.4 is 4.72 Å². The van der Waals surface area contributed by atoms with E-state index in [1.807, 2.05) is 6.07 Å². The number of nitrogens with one attached hydrogen (secondary N) is 1. The Hall–Kier alpha value is -2.81. The topological polar surface area (TPSA) is 111 Å². The van der Waals surface area contributed by atoms with Gasteiger partial charge in [0.15, 0.2) is 5.82 Å². The van der Waals surface area contributed by atoms with Gasteiger partial charge >= 0.3 is 0 Å². The number of pyridine rings is 1. The Morgan fingerprint density at radius 2 is 1.95 bits per heavy atom. The lowest BCUT2D eigenvalue weighted by Crippen LogP contribution is -2.13. The first-order valence-electron chi connectivity index (χ1n) is 6.23. The number of rotatable bonds is 4. The van der Waals surface area contributed by atoms with Crippen LogP contribution in [-0.4, -0.2) is 28.5 Å². The molecule has 1 N–H and O–H groups in total. The summed E-state index contributed by atoms with van der Waals surface area (Å²) in [6, 6.07) is 4.90. The third-order valence-corrected chi connectivity index (χ3v) is 3.95. The molecule has 9 heteroatoms. The van der Waals surface area contributed by atoms with Crippen molar-refractivity contribution in [2.45, 2.75) is 11.9 Å². The van der Waals surface area contributed by atoms with Crippen molar-refractivity contribution in [3.8, 4) is 11.4 Å². The molecular weight excluding hydrogens is 306 g/mol. The number of aromatic nitrogens is 4. The molecular formula is C13H11N5O3S. The maximum Gasteiger partial charge on any atom is 0.283 e. The van der Waals surface area contributed by atoms with Gasteiger partial charge in [0.1, 0.15) is 5.76 Å². The van der Waals surface area contributed by atoms with Crippen LogP contribution in [0.3, 0.4) is 0 Å². The molecule has 0 bridgehead atoms. The van der Waals surface area contributed by atoms with Crippen molar-refractivity contribution in [1.82, 2.24) is 20.1 Å². The molecule has 0 unspecified atom stereocenters. The number of hydrogen-bond donors (Lipinski definition) is 1. The smallest absolute Gasteiger partial charge is 0.283 e. The van der Waals surface area contributed by atoms with Gasteiger partial charge in [-0.2, -0.15) is 8.42 Å².